The Kier molecular flexibility index (Phi) is 5.88. The molecule has 2 amide bonds. The predicted molar refractivity (Wildman–Crippen MR) is 95.9 cm³/mol. The van der Waals surface area contributed by atoms with Crippen molar-refractivity contribution in [2.75, 3.05) is 69.2 Å². The van der Waals surface area contributed by atoms with E-state index in [9.17, 15) is 9.59 Å². The molecule has 0 atom stereocenters. The van der Waals surface area contributed by atoms with E-state index in [0.717, 1.165) is 63.9 Å². The topological polar surface area (TPSA) is 66.3 Å². The number of nitrogens with one attached hydrogen (secondary N) is 2. The standard InChI is InChI=1S/C18H26N4O3/c1-15(23)21-8-6-20(7-9-21)14-18(24)19-16-2-4-17(5-3-16)22-10-12-25-13-11-22/h2-5H,6-14H2,1H3,(H,19,24)/p+1. The lowest BCUT2D eigenvalue weighted by molar-refractivity contribution is -0.895. The van der Waals surface area contributed by atoms with Crippen molar-refractivity contribution in [2.45, 2.75) is 6.92 Å². The lowest BCUT2D eigenvalue weighted by Crippen LogP contribution is -3.15. The van der Waals surface area contributed by atoms with E-state index >= 15 is 0 Å². The van der Waals surface area contributed by atoms with Gasteiger partial charge in [0.15, 0.2) is 6.54 Å². The smallest absolute Gasteiger partial charge is 0.279 e. The van der Waals surface area contributed by atoms with Gasteiger partial charge in [-0.1, -0.05) is 0 Å². The summed E-state index contributed by atoms with van der Waals surface area (Å²) in [7, 11) is 0. The number of anilines is 2. The van der Waals surface area contributed by atoms with E-state index in [1.807, 2.05) is 29.2 Å². The number of rotatable bonds is 4. The van der Waals surface area contributed by atoms with Gasteiger partial charge in [-0.3, -0.25) is 9.59 Å². The summed E-state index contributed by atoms with van der Waals surface area (Å²) < 4.78 is 5.37. The molecule has 0 spiro atoms. The van der Waals surface area contributed by atoms with E-state index in [-0.39, 0.29) is 11.8 Å². The molecule has 2 saturated heterocycles. The molecule has 2 aliphatic heterocycles. The number of quaternary nitrogens is 1. The number of hydrogen-bond donors (Lipinski definition) is 2. The summed E-state index contributed by atoms with van der Waals surface area (Å²) in [5, 5.41) is 2.97. The van der Waals surface area contributed by atoms with Crippen molar-refractivity contribution in [1.82, 2.24) is 4.90 Å². The molecule has 2 fully saturated rings. The van der Waals surface area contributed by atoms with Gasteiger partial charge in [0.25, 0.3) is 5.91 Å². The van der Waals surface area contributed by atoms with Gasteiger partial charge < -0.3 is 24.8 Å². The maximum absolute atomic E-state index is 12.2. The zero-order valence-corrected chi connectivity index (χ0v) is 14.8. The SMILES string of the molecule is CC(=O)N1CC[NH+](CC(=O)Nc2ccc(N3CCOCC3)cc2)CC1. The summed E-state index contributed by atoms with van der Waals surface area (Å²) in [5.74, 6) is 0.134. The largest absolute Gasteiger partial charge is 0.378 e. The number of carbonyl (C=O) groups excluding carboxylic acids is 2. The summed E-state index contributed by atoms with van der Waals surface area (Å²) in [6.45, 7) is 8.47. The maximum Gasteiger partial charge on any atom is 0.279 e. The number of morpholine rings is 1. The first-order valence-electron chi connectivity index (χ1n) is 8.93. The third-order valence-electron chi connectivity index (χ3n) is 4.85. The zero-order chi connectivity index (χ0) is 17.6. The van der Waals surface area contributed by atoms with E-state index in [2.05, 4.69) is 10.2 Å². The number of hydrogen-bond acceptors (Lipinski definition) is 4. The van der Waals surface area contributed by atoms with E-state index < -0.39 is 0 Å². The lowest BCUT2D eigenvalue weighted by Gasteiger charge is -2.31. The van der Waals surface area contributed by atoms with Crippen molar-refractivity contribution < 1.29 is 19.2 Å². The molecule has 0 aliphatic carbocycles. The number of amides is 2. The molecule has 0 aromatic heterocycles. The summed E-state index contributed by atoms with van der Waals surface area (Å²) >= 11 is 0. The fourth-order valence-corrected chi connectivity index (χ4v) is 3.32. The molecule has 7 nitrogen and oxygen atoms in total. The Hall–Kier alpha value is -2.12. The molecule has 136 valence electrons. The molecule has 3 rings (SSSR count). The average Bonchev–Trinajstić information content (AvgIpc) is 2.63. The van der Waals surface area contributed by atoms with E-state index in [0.29, 0.717) is 6.54 Å². The zero-order valence-electron chi connectivity index (χ0n) is 14.8. The average molecular weight is 347 g/mol. The van der Waals surface area contributed by atoms with Crippen LogP contribution in [0.25, 0.3) is 0 Å². The van der Waals surface area contributed by atoms with Gasteiger partial charge in [-0.15, -0.1) is 0 Å². The first kappa shape index (κ1) is 17.7. The fraction of sp³-hybridized carbons (Fsp3) is 0.556. The Bertz CT molecular complexity index is 591. The van der Waals surface area contributed by atoms with Gasteiger partial charge in [0.2, 0.25) is 5.91 Å². The van der Waals surface area contributed by atoms with Crippen LogP contribution in [0.15, 0.2) is 24.3 Å². The fourth-order valence-electron chi connectivity index (χ4n) is 3.32. The number of benzene rings is 1. The third-order valence-corrected chi connectivity index (χ3v) is 4.85. The molecule has 0 bridgehead atoms. The van der Waals surface area contributed by atoms with Gasteiger partial charge in [-0.2, -0.15) is 0 Å². The van der Waals surface area contributed by atoms with Crippen LogP contribution in [0.5, 0.6) is 0 Å². The Morgan fingerprint density at radius 3 is 2.32 bits per heavy atom. The van der Waals surface area contributed by atoms with Crippen LogP contribution < -0.4 is 15.1 Å². The van der Waals surface area contributed by atoms with E-state index in [4.69, 9.17) is 4.74 Å². The van der Waals surface area contributed by atoms with Crippen molar-refractivity contribution in [3.05, 3.63) is 24.3 Å². The van der Waals surface area contributed by atoms with Crippen molar-refractivity contribution in [3.63, 3.8) is 0 Å². The van der Waals surface area contributed by atoms with Crippen molar-refractivity contribution >= 4 is 23.2 Å². The molecule has 1 aromatic carbocycles. The van der Waals surface area contributed by atoms with E-state index in [1.54, 1.807) is 6.92 Å². The minimum absolute atomic E-state index is 0.0189. The number of carbonyl (C=O) groups is 2. The van der Waals surface area contributed by atoms with Crippen LogP contribution in [0, 0.1) is 0 Å². The maximum atomic E-state index is 12.2. The number of ether oxygens (including phenoxy) is 1. The minimum Gasteiger partial charge on any atom is -0.378 e. The van der Waals surface area contributed by atoms with Gasteiger partial charge >= 0.3 is 0 Å². The van der Waals surface area contributed by atoms with Crippen LogP contribution in [0.3, 0.4) is 0 Å². The molecule has 2 aliphatic rings. The Morgan fingerprint density at radius 2 is 1.72 bits per heavy atom. The molecule has 0 unspecified atom stereocenters. The van der Waals surface area contributed by atoms with Gasteiger partial charge in [0, 0.05) is 31.4 Å². The second kappa shape index (κ2) is 8.31. The molecule has 0 radical (unpaired) electrons. The number of nitrogens with zero attached hydrogens (tertiary/aromatic N) is 2. The highest BCUT2D eigenvalue weighted by molar-refractivity contribution is 5.91. The Morgan fingerprint density at radius 1 is 1.08 bits per heavy atom. The lowest BCUT2D eigenvalue weighted by atomic mass is 10.2. The second-order valence-electron chi connectivity index (χ2n) is 6.63. The predicted octanol–water partition coefficient (Wildman–Crippen LogP) is -0.791. The number of piperazine rings is 1. The Labute approximate surface area is 148 Å². The van der Waals surface area contributed by atoms with Gasteiger partial charge in [-0.25, -0.2) is 0 Å². The monoisotopic (exact) mass is 347 g/mol. The third kappa shape index (κ3) is 4.93. The minimum atomic E-state index is 0.0189. The molecule has 25 heavy (non-hydrogen) atoms. The van der Waals surface area contributed by atoms with Gasteiger partial charge in [-0.05, 0) is 24.3 Å². The first-order valence-corrected chi connectivity index (χ1v) is 8.93. The van der Waals surface area contributed by atoms with Crippen LogP contribution >= 0.6 is 0 Å². The van der Waals surface area contributed by atoms with Gasteiger partial charge in [0.1, 0.15) is 0 Å². The van der Waals surface area contributed by atoms with Crippen LogP contribution in [-0.4, -0.2) is 75.7 Å². The normalized spacial score (nSPS) is 18.9. The summed E-state index contributed by atoms with van der Waals surface area (Å²) in [6.07, 6.45) is 0. The summed E-state index contributed by atoms with van der Waals surface area (Å²) in [4.78, 5) is 28.9. The molecule has 2 N–H and O–H groups in total. The Balaban J connectivity index is 1.45. The molecule has 2 heterocycles. The van der Waals surface area contributed by atoms with Crippen LogP contribution in [-0.2, 0) is 14.3 Å². The second-order valence-corrected chi connectivity index (χ2v) is 6.63. The molecule has 7 heteroatoms. The van der Waals surface area contributed by atoms with Gasteiger partial charge in [0.05, 0.1) is 39.4 Å². The molecular weight excluding hydrogens is 320 g/mol. The van der Waals surface area contributed by atoms with Crippen molar-refractivity contribution in [3.8, 4) is 0 Å². The summed E-state index contributed by atoms with van der Waals surface area (Å²) in [5.41, 5.74) is 1.98. The highest BCUT2D eigenvalue weighted by atomic mass is 16.5. The van der Waals surface area contributed by atoms with Crippen LogP contribution in [0.1, 0.15) is 6.92 Å². The summed E-state index contributed by atoms with van der Waals surface area (Å²) in [6, 6.07) is 7.98. The van der Waals surface area contributed by atoms with Crippen molar-refractivity contribution in [1.29, 1.82) is 0 Å². The van der Waals surface area contributed by atoms with Crippen LogP contribution in [0.2, 0.25) is 0 Å². The quantitative estimate of drug-likeness (QED) is 0.749. The van der Waals surface area contributed by atoms with Crippen LogP contribution in [0.4, 0.5) is 11.4 Å². The highest BCUT2D eigenvalue weighted by Crippen LogP contribution is 2.18. The first-order chi connectivity index (χ1) is 12.1. The molecule has 0 saturated carbocycles. The highest BCUT2D eigenvalue weighted by Gasteiger charge is 2.23. The molecular formula is C18H27N4O3+. The van der Waals surface area contributed by atoms with E-state index in [1.165, 1.54) is 4.90 Å². The van der Waals surface area contributed by atoms with Crippen molar-refractivity contribution in [2.24, 2.45) is 0 Å². The molecule has 1 aromatic rings.